The molecule has 1 aliphatic rings. The number of carboxylic acids is 1. The second kappa shape index (κ2) is 3.22. The van der Waals surface area contributed by atoms with Gasteiger partial charge in [0.1, 0.15) is 0 Å². The third-order valence-corrected chi connectivity index (χ3v) is 2.44. The molecule has 2 heterocycles. The van der Waals surface area contributed by atoms with Gasteiger partial charge in [-0.05, 0) is 0 Å². The molecule has 0 atom stereocenters. The van der Waals surface area contributed by atoms with Crippen LogP contribution in [-0.2, 0) is 9.59 Å². The van der Waals surface area contributed by atoms with Crippen molar-refractivity contribution in [3.63, 3.8) is 0 Å². The maximum atomic E-state index is 11.0. The van der Waals surface area contributed by atoms with Gasteiger partial charge < -0.3 is 10.4 Å². The second-order valence-electron chi connectivity index (χ2n) is 2.76. The number of nitrogens with zero attached hydrogens (tertiary/aromatic N) is 1. The number of carboxylic acid groups (broad SMARTS) is 1. The predicted octanol–water partition coefficient (Wildman–Crippen LogP) is 0.459. The zero-order valence-electron chi connectivity index (χ0n) is 6.98. The Morgan fingerprint density at radius 3 is 3.00 bits per heavy atom. The molecule has 72 valence electrons. The van der Waals surface area contributed by atoms with Crippen LogP contribution >= 0.6 is 11.3 Å². The minimum absolute atomic E-state index is 0.0812. The van der Waals surface area contributed by atoms with E-state index in [0.29, 0.717) is 11.4 Å². The molecule has 1 aromatic rings. The topological polar surface area (TPSA) is 79.3 Å². The Balaban J connectivity index is 2.45. The average Bonchev–Trinajstić information content (AvgIpc) is 2.70. The van der Waals surface area contributed by atoms with Gasteiger partial charge in [-0.25, -0.2) is 9.78 Å². The highest BCUT2D eigenvalue weighted by Gasteiger charge is 2.27. The number of hydrogen-bond acceptors (Lipinski definition) is 4. The van der Waals surface area contributed by atoms with Crippen LogP contribution in [0.4, 0.5) is 0 Å². The van der Waals surface area contributed by atoms with Gasteiger partial charge in [0.05, 0.1) is 28.9 Å². The summed E-state index contributed by atoms with van der Waals surface area (Å²) in [6.45, 7) is 0. The summed E-state index contributed by atoms with van der Waals surface area (Å²) in [6.07, 6.45) is -0.0812. The lowest BCUT2D eigenvalue weighted by atomic mass is 10.1. The first kappa shape index (κ1) is 8.89. The summed E-state index contributed by atoms with van der Waals surface area (Å²) < 4.78 is 0. The summed E-state index contributed by atoms with van der Waals surface area (Å²) in [5.74, 6) is -1.38. The summed E-state index contributed by atoms with van der Waals surface area (Å²) in [6, 6.07) is 0. The van der Waals surface area contributed by atoms with Crippen molar-refractivity contribution in [1.82, 2.24) is 10.3 Å². The van der Waals surface area contributed by atoms with Gasteiger partial charge in [0.25, 0.3) is 0 Å². The molecule has 0 saturated heterocycles. The van der Waals surface area contributed by atoms with Gasteiger partial charge in [-0.15, -0.1) is 11.3 Å². The highest BCUT2D eigenvalue weighted by atomic mass is 32.1. The van der Waals surface area contributed by atoms with Gasteiger partial charge in [-0.2, -0.15) is 0 Å². The minimum Gasteiger partial charge on any atom is -0.478 e. The summed E-state index contributed by atoms with van der Waals surface area (Å²) in [5.41, 5.74) is 2.51. The molecule has 1 amide bonds. The third kappa shape index (κ3) is 1.39. The number of aliphatic carboxylic acids is 1. The SMILES string of the molecule is O=C1CC(C(=O)O)=C(c2cscn2)N1. The molecular formula is C8H6N2O3S. The number of thiazole rings is 1. The Morgan fingerprint density at radius 1 is 1.64 bits per heavy atom. The Kier molecular flexibility index (Phi) is 2.05. The number of aromatic nitrogens is 1. The van der Waals surface area contributed by atoms with E-state index >= 15 is 0 Å². The van der Waals surface area contributed by atoms with Crippen molar-refractivity contribution >= 4 is 28.9 Å². The maximum absolute atomic E-state index is 11.0. The lowest BCUT2D eigenvalue weighted by Crippen LogP contribution is -2.14. The fourth-order valence-corrected chi connectivity index (χ4v) is 1.79. The van der Waals surface area contributed by atoms with Crippen molar-refractivity contribution in [1.29, 1.82) is 0 Å². The van der Waals surface area contributed by atoms with Crippen LogP contribution in [0, 0.1) is 0 Å². The largest absolute Gasteiger partial charge is 0.478 e. The van der Waals surface area contributed by atoms with Crippen molar-refractivity contribution in [2.24, 2.45) is 0 Å². The van der Waals surface area contributed by atoms with Crippen LogP contribution in [-0.4, -0.2) is 22.0 Å². The van der Waals surface area contributed by atoms with E-state index in [1.165, 1.54) is 11.3 Å². The van der Waals surface area contributed by atoms with Crippen molar-refractivity contribution in [2.75, 3.05) is 0 Å². The lowest BCUT2D eigenvalue weighted by Gasteiger charge is -1.98. The van der Waals surface area contributed by atoms with E-state index in [1.54, 1.807) is 10.9 Å². The quantitative estimate of drug-likeness (QED) is 0.743. The monoisotopic (exact) mass is 210 g/mol. The molecule has 0 unspecified atom stereocenters. The minimum atomic E-state index is -1.08. The Labute approximate surface area is 83.1 Å². The van der Waals surface area contributed by atoms with E-state index in [9.17, 15) is 9.59 Å². The van der Waals surface area contributed by atoms with E-state index in [4.69, 9.17) is 5.11 Å². The summed E-state index contributed by atoms with van der Waals surface area (Å²) >= 11 is 1.35. The second-order valence-corrected chi connectivity index (χ2v) is 3.48. The van der Waals surface area contributed by atoms with E-state index < -0.39 is 5.97 Å². The van der Waals surface area contributed by atoms with Crippen LogP contribution in [0.25, 0.3) is 5.70 Å². The number of carbonyl (C=O) groups excluding carboxylic acids is 1. The van der Waals surface area contributed by atoms with Crippen LogP contribution < -0.4 is 5.32 Å². The maximum Gasteiger partial charge on any atom is 0.334 e. The molecule has 0 fully saturated rings. The van der Waals surface area contributed by atoms with E-state index in [2.05, 4.69) is 10.3 Å². The highest BCUT2D eigenvalue weighted by molar-refractivity contribution is 7.07. The lowest BCUT2D eigenvalue weighted by molar-refractivity contribution is -0.133. The molecule has 0 spiro atoms. The first-order valence-electron chi connectivity index (χ1n) is 3.83. The number of amides is 1. The molecule has 14 heavy (non-hydrogen) atoms. The van der Waals surface area contributed by atoms with Crippen LogP contribution in [0.3, 0.4) is 0 Å². The fraction of sp³-hybridized carbons (Fsp3) is 0.125. The number of hydrogen-bond donors (Lipinski definition) is 2. The smallest absolute Gasteiger partial charge is 0.334 e. The van der Waals surface area contributed by atoms with E-state index in [-0.39, 0.29) is 17.9 Å². The fourth-order valence-electron chi connectivity index (χ4n) is 1.25. The Bertz CT molecular complexity index is 422. The first-order chi connectivity index (χ1) is 6.68. The van der Waals surface area contributed by atoms with Crippen LogP contribution in [0.1, 0.15) is 12.1 Å². The molecule has 2 rings (SSSR count). The summed E-state index contributed by atoms with van der Waals surface area (Å²) in [5, 5.41) is 13.0. The first-order valence-corrected chi connectivity index (χ1v) is 4.77. The molecule has 0 radical (unpaired) electrons. The zero-order chi connectivity index (χ0) is 10.1. The summed E-state index contributed by atoms with van der Waals surface area (Å²) in [4.78, 5) is 25.7. The van der Waals surface area contributed by atoms with Crippen LogP contribution in [0.2, 0.25) is 0 Å². The van der Waals surface area contributed by atoms with Crippen molar-refractivity contribution in [3.8, 4) is 0 Å². The number of nitrogens with one attached hydrogen (secondary N) is 1. The van der Waals surface area contributed by atoms with Crippen LogP contribution in [0.5, 0.6) is 0 Å². The van der Waals surface area contributed by atoms with E-state index in [1.807, 2.05) is 0 Å². The average molecular weight is 210 g/mol. The predicted molar refractivity (Wildman–Crippen MR) is 49.4 cm³/mol. The molecule has 1 aromatic heterocycles. The molecule has 1 aliphatic heterocycles. The molecule has 0 saturated carbocycles. The zero-order valence-corrected chi connectivity index (χ0v) is 7.80. The van der Waals surface area contributed by atoms with Gasteiger partial charge in [0, 0.05) is 5.38 Å². The van der Waals surface area contributed by atoms with Crippen molar-refractivity contribution in [2.45, 2.75) is 6.42 Å². The molecule has 0 bridgehead atoms. The highest BCUT2D eigenvalue weighted by Crippen LogP contribution is 2.23. The molecule has 5 nitrogen and oxygen atoms in total. The number of carbonyl (C=O) groups is 2. The Morgan fingerprint density at radius 2 is 2.43 bits per heavy atom. The van der Waals surface area contributed by atoms with Crippen molar-refractivity contribution < 1.29 is 14.7 Å². The molecule has 0 aliphatic carbocycles. The standard InChI is InChI=1S/C8H6N2O3S/c11-6-1-4(8(12)13)7(10-6)5-2-14-3-9-5/h2-3H,1H2,(H,10,11)(H,12,13). The molecular weight excluding hydrogens is 204 g/mol. The molecule has 6 heteroatoms. The van der Waals surface area contributed by atoms with Gasteiger partial charge in [0.2, 0.25) is 5.91 Å². The molecule has 0 aromatic carbocycles. The van der Waals surface area contributed by atoms with Gasteiger partial charge in [-0.1, -0.05) is 0 Å². The van der Waals surface area contributed by atoms with Crippen LogP contribution in [0.15, 0.2) is 16.5 Å². The van der Waals surface area contributed by atoms with E-state index in [0.717, 1.165) is 0 Å². The normalized spacial score (nSPS) is 15.9. The van der Waals surface area contributed by atoms with Crippen molar-refractivity contribution in [3.05, 3.63) is 22.2 Å². The number of rotatable bonds is 2. The van der Waals surface area contributed by atoms with Gasteiger partial charge in [-0.3, -0.25) is 4.79 Å². The summed E-state index contributed by atoms with van der Waals surface area (Å²) in [7, 11) is 0. The van der Waals surface area contributed by atoms with Gasteiger partial charge in [0.15, 0.2) is 0 Å². The third-order valence-electron chi connectivity index (χ3n) is 1.85. The van der Waals surface area contributed by atoms with Gasteiger partial charge >= 0.3 is 5.97 Å². The molecule has 2 N–H and O–H groups in total. The Hall–Kier alpha value is -1.69.